The third-order valence-electron chi connectivity index (χ3n) is 4.35. The fourth-order valence-corrected chi connectivity index (χ4v) is 3.01. The zero-order chi connectivity index (χ0) is 15.1. The molecule has 0 amide bonds. The van der Waals surface area contributed by atoms with E-state index in [4.69, 9.17) is 5.84 Å². The van der Waals surface area contributed by atoms with Crippen LogP contribution in [-0.4, -0.2) is 4.98 Å². The summed E-state index contributed by atoms with van der Waals surface area (Å²) in [5.74, 6) is 6.56. The quantitative estimate of drug-likeness (QED) is 0.560. The highest BCUT2D eigenvalue weighted by molar-refractivity contribution is 5.81. The number of rotatable bonds is 8. The summed E-state index contributed by atoms with van der Waals surface area (Å²) in [6, 6.07) is 10.6. The van der Waals surface area contributed by atoms with Gasteiger partial charge < -0.3 is 0 Å². The normalized spacial score (nSPS) is 14.2. The molecule has 114 valence electrons. The van der Waals surface area contributed by atoms with Crippen LogP contribution in [0.25, 0.3) is 10.9 Å². The van der Waals surface area contributed by atoms with Crippen LogP contribution in [0.2, 0.25) is 0 Å². The Morgan fingerprint density at radius 2 is 2.00 bits per heavy atom. The number of hydrazine groups is 1. The highest BCUT2D eigenvalue weighted by Gasteiger charge is 2.18. The standard InChI is InChI=1S/C18H27N3/c1-3-5-8-14(4-2)13-17(21-19)16-11-6-9-15-10-7-12-20-18(15)16/h6-7,9-12,14,17,21H,3-5,8,13,19H2,1-2H3. The van der Waals surface area contributed by atoms with Crippen molar-refractivity contribution in [1.29, 1.82) is 0 Å². The number of nitrogens with zero attached hydrogens (tertiary/aromatic N) is 1. The lowest BCUT2D eigenvalue weighted by Crippen LogP contribution is -2.30. The van der Waals surface area contributed by atoms with E-state index in [1.54, 1.807) is 0 Å². The van der Waals surface area contributed by atoms with Crippen LogP contribution in [0, 0.1) is 5.92 Å². The van der Waals surface area contributed by atoms with Crippen LogP contribution in [0.1, 0.15) is 57.6 Å². The zero-order valence-electron chi connectivity index (χ0n) is 13.2. The number of para-hydroxylation sites is 1. The molecule has 0 aliphatic carbocycles. The van der Waals surface area contributed by atoms with Crippen molar-refractivity contribution < 1.29 is 0 Å². The highest BCUT2D eigenvalue weighted by atomic mass is 15.2. The van der Waals surface area contributed by atoms with Gasteiger partial charge in [-0.2, -0.15) is 0 Å². The maximum atomic E-state index is 5.85. The molecule has 2 aromatic rings. The average Bonchev–Trinajstić information content (AvgIpc) is 2.55. The molecule has 3 nitrogen and oxygen atoms in total. The maximum Gasteiger partial charge on any atom is 0.0750 e. The number of unbranched alkanes of at least 4 members (excludes halogenated alkanes) is 1. The summed E-state index contributed by atoms with van der Waals surface area (Å²) in [5, 5.41) is 1.18. The highest BCUT2D eigenvalue weighted by Crippen LogP contribution is 2.29. The van der Waals surface area contributed by atoms with Gasteiger partial charge in [0.2, 0.25) is 0 Å². The predicted molar refractivity (Wildman–Crippen MR) is 89.7 cm³/mol. The Bertz CT molecular complexity index is 548. The van der Waals surface area contributed by atoms with Gasteiger partial charge in [-0.05, 0) is 24.0 Å². The first-order valence-electron chi connectivity index (χ1n) is 8.09. The number of nitrogens with one attached hydrogen (secondary N) is 1. The summed E-state index contributed by atoms with van der Waals surface area (Å²) in [5.41, 5.74) is 5.29. The Hall–Kier alpha value is -1.45. The maximum absolute atomic E-state index is 5.85. The predicted octanol–water partition coefficient (Wildman–Crippen LogP) is 4.35. The topological polar surface area (TPSA) is 50.9 Å². The zero-order valence-corrected chi connectivity index (χ0v) is 13.2. The number of nitrogens with two attached hydrogens (primary N) is 1. The molecule has 0 radical (unpaired) electrons. The molecule has 0 saturated carbocycles. The van der Waals surface area contributed by atoms with Crippen molar-refractivity contribution >= 4 is 10.9 Å². The van der Waals surface area contributed by atoms with Crippen molar-refractivity contribution in [3.63, 3.8) is 0 Å². The Morgan fingerprint density at radius 3 is 2.71 bits per heavy atom. The average molecular weight is 285 g/mol. The fourth-order valence-electron chi connectivity index (χ4n) is 3.01. The van der Waals surface area contributed by atoms with Crippen LogP contribution >= 0.6 is 0 Å². The summed E-state index contributed by atoms with van der Waals surface area (Å²) in [6.07, 6.45) is 7.97. The third-order valence-corrected chi connectivity index (χ3v) is 4.35. The van der Waals surface area contributed by atoms with Crippen LogP contribution in [0.5, 0.6) is 0 Å². The first kappa shape index (κ1) is 15.9. The molecule has 1 aromatic carbocycles. The van der Waals surface area contributed by atoms with E-state index in [-0.39, 0.29) is 6.04 Å². The first-order valence-corrected chi connectivity index (χ1v) is 8.09. The molecule has 1 heterocycles. The minimum absolute atomic E-state index is 0.172. The summed E-state index contributed by atoms with van der Waals surface area (Å²) in [4.78, 5) is 4.55. The third kappa shape index (κ3) is 4.02. The van der Waals surface area contributed by atoms with Crippen molar-refractivity contribution in [3.05, 3.63) is 42.1 Å². The number of hydrogen-bond acceptors (Lipinski definition) is 3. The molecule has 2 atom stereocenters. The smallest absolute Gasteiger partial charge is 0.0750 e. The van der Waals surface area contributed by atoms with E-state index in [0.717, 1.165) is 11.9 Å². The molecular formula is C18H27N3. The van der Waals surface area contributed by atoms with Gasteiger partial charge in [0.25, 0.3) is 0 Å². The lowest BCUT2D eigenvalue weighted by molar-refractivity contribution is 0.357. The minimum Gasteiger partial charge on any atom is -0.271 e. The molecule has 0 saturated heterocycles. The molecule has 2 rings (SSSR count). The molecule has 21 heavy (non-hydrogen) atoms. The van der Waals surface area contributed by atoms with E-state index in [9.17, 15) is 0 Å². The van der Waals surface area contributed by atoms with Crippen molar-refractivity contribution in [2.75, 3.05) is 0 Å². The Balaban J connectivity index is 2.22. The minimum atomic E-state index is 0.172. The molecule has 0 spiro atoms. The van der Waals surface area contributed by atoms with Crippen LogP contribution in [-0.2, 0) is 0 Å². The summed E-state index contributed by atoms with van der Waals surface area (Å²) in [6.45, 7) is 4.52. The van der Waals surface area contributed by atoms with E-state index < -0.39 is 0 Å². The molecule has 0 aliphatic heterocycles. The van der Waals surface area contributed by atoms with Crippen molar-refractivity contribution in [3.8, 4) is 0 Å². The van der Waals surface area contributed by atoms with Gasteiger partial charge in [0.05, 0.1) is 5.52 Å². The van der Waals surface area contributed by atoms with Crippen molar-refractivity contribution in [2.45, 2.75) is 52.0 Å². The second-order valence-corrected chi connectivity index (χ2v) is 5.79. The van der Waals surface area contributed by atoms with Gasteiger partial charge in [-0.3, -0.25) is 16.3 Å². The van der Waals surface area contributed by atoms with Crippen LogP contribution in [0.3, 0.4) is 0 Å². The molecule has 0 aliphatic rings. The largest absolute Gasteiger partial charge is 0.271 e. The fraction of sp³-hybridized carbons (Fsp3) is 0.500. The summed E-state index contributed by atoms with van der Waals surface area (Å²) in [7, 11) is 0. The molecular weight excluding hydrogens is 258 g/mol. The van der Waals surface area contributed by atoms with E-state index in [2.05, 4.69) is 48.5 Å². The SMILES string of the molecule is CCCCC(CC)CC(NN)c1cccc2cccnc12. The summed E-state index contributed by atoms with van der Waals surface area (Å²) < 4.78 is 0. The van der Waals surface area contributed by atoms with E-state index in [0.29, 0.717) is 5.92 Å². The van der Waals surface area contributed by atoms with Crippen LogP contribution < -0.4 is 11.3 Å². The van der Waals surface area contributed by atoms with Crippen LogP contribution in [0.4, 0.5) is 0 Å². The van der Waals surface area contributed by atoms with Crippen molar-refractivity contribution in [2.24, 2.45) is 11.8 Å². The van der Waals surface area contributed by atoms with E-state index in [1.807, 2.05) is 12.3 Å². The number of pyridine rings is 1. The van der Waals surface area contributed by atoms with Gasteiger partial charge in [-0.25, -0.2) is 0 Å². The van der Waals surface area contributed by atoms with Gasteiger partial charge in [0, 0.05) is 17.6 Å². The molecule has 2 unspecified atom stereocenters. The number of hydrogen-bond donors (Lipinski definition) is 2. The van der Waals surface area contributed by atoms with Crippen LogP contribution in [0.15, 0.2) is 36.5 Å². The summed E-state index contributed by atoms with van der Waals surface area (Å²) >= 11 is 0. The molecule has 3 N–H and O–H groups in total. The number of benzene rings is 1. The number of aromatic nitrogens is 1. The van der Waals surface area contributed by atoms with Gasteiger partial charge in [0.15, 0.2) is 0 Å². The molecule has 3 heteroatoms. The van der Waals surface area contributed by atoms with E-state index >= 15 is 0 Å². The molecule has 0 bridgehead atoms. The Labute approximate surface area is 127 Å². The Kier molecular flexibility index (Phi) is 6.15. The number of fused-ring (bicyclic) bond motifs is 1. The molecule has 0 fully saturated rings. The van der Waals surface area contributed by atoms with Gasteiger partial charge in [-0.1, -0.05) is 63.8 Å². The second-order valence-electron chi connectivity index (χ2n) is 5.79. The lowest BCUT2D eigenvalue weighted by Gasteiger charge is -2.23. The van der Waals surface area contributed by atoms with Gasteiger partial charge in [-0.15, -0.1) is 0 Å². The Morgan fingerprint density at radius 1 is 1.19 bits per heavy atom. The van der Waals surface area contributed by atoms with E-state index in [1.165, 1.54) is 36.6 Å². The monoisotopic (exact) mass is 285 g/mol. The molecule has 1 aromatic heterocycles. The van der Waals surface area contributed by atoms with Gasteiger partial charge >= 0.3 is 0 Å². The van der Waals surface area contributed by atoms with Crippen molar-refractivity contribution in [1.82, 2.24) is 10.4 Å². The second kappa shape index (κ2) is 8.11. The van der Waals surface area contributed by atoms with Gasteiger partial charge in [0.1, 0.15) is 0 Å². The lowest BCUT2D eigenvalue weighted by atomic mass is 9.89. The first-order chi connectivity index (χ1) is 10.3.